The minimum atomic E-state index is -3.51. The lowest BCUT2D eigenvalue weighted by Crippen LogP contribution is -2.27. The van der Waals surface area contributed by atoms with Gasteiger partial charge in [-0.3, -0.25) is 4.79 Å². The molecule has 152 valence electrons. The summed E-state index contributed by atoms with van der Waals surface area (Å²) >= 11 is 5.96. The number of hydrogen-bond acceptors (Lipinski definition) is 4. The Morgan fingerprint density at radius 2 is 1.82 bits per heavy atom. The molecule has 0 aliphatic heterocycles. The topological polar surface area (TPSA) is 84.5 Å². The predicted octanol–water partition coefficient (Wildman–Crippen LogP) is 3.85. The first kappa shape index (κ1) is 22.2. The van der Waals surface area contributed by atoms with Crippen LogP contribution in [0.25, 0.3) is 0 Å². The summed E-state index contributed by atoms with van der Waals surface area (Å²) in [5.41, 5.74) is 1.38. The first-order chi connectivity index (χ1) is 13.2. The molecule has 0 spiro atoms. The second-order valence-electron chi connectivity index (χ2n) is 6.78. The van der Waals surface area contributed by atoms with E-state index in [0.717, 1.165) is 5.56 Å². The normalized spacial score (nSPS) is 11.5. The number of halogens is 1. The second kappa shape index (κ2) is 9.91. The lowest BCUT2D eigenvalue weighted by Gasteiger charge is -2.11. The van der Waals surface area contributed by atoms with Gasteiger partial charge in [0.15, 0.2) is 0 Å². The molecule has 0 bridgehead atoms. The Bertz CT molecular complexity index is 912. The Balaban J connectivity index is 1.94. The van der Waals surface area contributed by atoms with Gasteiger partial charge in [-0.25, -0.2) is 13.1 Å². The van der Waals surface area contributed by atoms with Crippen molar-refractivity contribution in [2.24, 2.45) is 5.92 Å². The standard InChI is InChI=1S/C20H25ClN2O4S/c1-14(2)13-22-28(25,26)17-8-4-15(5-9-17)6-11-20(24)23-18-12-16(21)7-10-19(18)27-3/h4-5,7-10,12,14,22H,6,11,13H2,1-3H3,(H,23,24). The number of nitrogens with one attached hydrogen (secondary N) is 2. The number of ether oxygens (including phenoxy) is 1. The Hall–Kier alpha value is -2.09. The minimum Gasteiger partial charge on any atom is -0.495 e. The van der Waals surface area contributed by atoms with Gasteiger partial charge in [-0.2, -0.15) is 0 Å². The van der Waals surface area contributed by atoms with E-state index in [1.165, 1.54) is 7.11 Å². The number of hydrogen-bond donors (Lipinski definition) is 2. The number of carbonyl (C=O) groups is 1. The molecule has 0 aliphatic rings. The van der Waals surface area contributed by atoms with Crippen molar-refractivity contribution in [3.63, 3.8) is 0 Å². The summed E-state index contributed by atoms with van der Waals surface area (Å²) in [5, 5.41) is 3.28. The highest BCUT2D eigenvalue weighted by atomic mass is 35.5. The SMILES string of the molecule is COc1ccc(Cl)cc1NC(=O)CCc1ccc(S(=O)(=O)NCC(C)C)cc1. The lowest BCUT2D eigenvalue weighted by atomic mass is 10.1. The molecule has 2 aromatic carbocycles. The summed E-state index contributed by atoms with van der Waals surface area (Å²) in [6.45, 7) is 4.27. The number of anilines is 1. The van der Waals surface area contributed by atoms with Crippen LogP contribution in [0.1, 0.15) is 25.8 Å². The summed E-state index contributed by atoms with van der Waals surface area (Å²) < 4.78 is 32.2. The maximum Gasteiger partial charge on any atom is 0.240 e. The fourth-order valence-corrected chi connectivity index (χ4v) is 3.83. The molecule has 0 aliphatic carbocycles. The first-order valence-corrected chi connectivity index (χ1v) is 10.8. The third kappa shape index (κ3) is 6.51. The molecule has 2 rings (SSSR count). The highest BCUT2D eigenvalue weighted by Gasteiger charge is 2.14. The molecule has 0 saturated heterocycles. The van der Waals surface area contributed by atoms with Crippen molar-refractivity contribution in [3.8, 4) is 5.75 Å². The number of aryl methyl sites for hydroxylation is 1. The second-order valence-corrected chi connectivity index (χ2v) is 8.99. The Morgan fingerprint density at radius 1 is 1.14 bits per heavy atom. The largest absolute Gasteiger partial charge is 0.495 e. The van der Waals surface area contributed by atoms with Crippen LogP contribution in [0.15, 0.2) is 47.4 Å². The Labute approximate surface area is 171 Å². The van der Waals surface area contributed by atoms with Crippen molar-refractivity contribution < 1.29 is 17.9 Å². The van der Waals surface area contributed by atoms with Gasteiger partial charge in [0.25, 0.3) is 0 Å². The van der Waals surface area contributed by atoms with E-state index in [9.17, 15) is 13.2 Å². The van der Waals surface area contributed by atoms with Crippen LogP contribution >= 0.6 is 11.6 Å². The zero-order valence-corrected chi connectivity index (χ0v) is 17.7. The van der Waals surface area contributed by atoms with E-state index in [4.69, 9.17) is 16.3 Å². The lowest BCUT2D eigenvalue weighted by molar-refractivity contribution is -0.116. The molecule has 2 aromatic rings. The minimum absolute atomic E-state index is 0.184. The first-order valence-electron chi connectivity index (χ1n) is 8.93. The van der Waals surface area contributed by atoms with Gasteiger partial charge >= 0.3 is 0 Å². The van der Waals surface area contributed by atoms with Crippen molar-refractivity contribution in [1.29, 1.82) is 0 Å². The van der Waals surface area contributed by atoms with Crippen LogP contribution in [0.2, 0.25) is 5.02 Å². The van der Waals surface area contributed by atoms with Gasteiger partial charge in [0.1, 0.15) is 5.75 Å². The number of carbonyl (C=O) groups excluding carboxylic acids is 1. The fourth-order valence-electron chi connectivity index (χ4n) is 2.44. The quantitative estimate of drug-likeness (QED) is 0.640. The van der Waals surface area contributed by atoms with Crippen molar-refractivity contribution in [2.45, 2.75) is 31.6 Å². The molecule has 0 radical (unpaired) electrons. The molecule has 1 amide bonds. The molecule has 8 heteroatoms. The van der Waals surface area contributed by atoms with E-state index in [-0.39, 0.29) is 23.1 Å². The smallest absolute Gasteiger partial charge is 0.240 e. The molecule has 0 aromatic heterocycles. The molecule has 0 atom stereocenters. The zero-order chi connectivity index (χ0) is 20.7. The average Bonchev–Trinajstić information content (AvgIpc) is 2.65. The van der Waals surface area contributed by atoms with E-state index in [1.54, 1.807) is 42.5 Å². The number of sulfonamides is 1. The average molecular weight is 425 g/mol. The molecule has 2 N–H and O–H groups in total. The van der Waals surface area contributed by atoms with Crippen LogP contribution in [0, 0.1) is 5.92 Å². The number of amides is 1. The van der Waals surface area contributed by atoms with Crippen molar-refractivity contribution in [3.05, 3.63) is 53.1 Å². The van der Waals surface area contributed by atoms with E-state index in [0.29, 0.717) is 29.4 Å². The van der Waals surface area contributed by atoms with E-state index in [2.05, 4.69) is 10.0 Å². The van der Waals surface area contributed by atoms with E-state index >= 15 is 0 Å². The maximum absolute atomic E-state index is 12.2. The van der Waals surface area contributed by atoms with Crippen LogP contribution < -0.4 is 14.8 Å². The molecule has 0 saturated carbocycles. The summed E-state index contributed by atoms with van der Waals surface area (Å²) in [7, 11) is -1.99. The van der Waals surface area contributed by atoms with E-state index < -0.39 is 10.0 Å². The summed E-state index contributed by atoms with van der Waals surface area (Å²) in [5.74, 6) is 0.572. The van der Waals surface area contributed by atoms with Crippen LogP contribution in [0.5, 0.6) is 5.75 Å². The summed E-state index contributed by atoms with van der Waals surface area (Å²) in [4.78, 5) is 12.4. The van der Waals surface area contributed by atoms with Gasteiger partial charge in [0, 0.05) is 18.0 Å². The number of rotatable bonds is 9. The third-order valence-electron chi connectivity index (χ3n) is 3.99. The monoisotopic (exact) mass is 424 g/mol. The van der Waals surface area contributed by atoms with Gasteiger partial charge in [-0.15, -0.1) is 0 Å². The summed E-state index contributed by atoms with van der Waals surface area (Å²) in [6, 6.07) is 11.5. The number of benzene rings is 2. The predicted molar refractivity (Wildman–Crippen MR) is 111 cm³/mol. The van der Waals surface area contributed by atoms with Crippen molar-refractivity contribution in [1.82, 2.24) is 4.72 Å². The molecule has 0 unspecified atom stereocenters. The van der Waals surface area contributed by atoms with Crippen LogP contribution in [0.4, 0.5) is 5.69 Å². The van der Waals surface area contributed by atoms with E-state index in [1.807, 2.05) is 13.8 Å². The molecule has 28 heavy (non-hydrogen) atoms. The molecular weight excluding hydrogens is 400 g/mol. The van der Waals surface area contributed by atoms with Gasteiger partial charge in [0.2, 0.25) is 15.9 Å². The highest BCUT2D eigenvalue weighted by molar-refractivity contribution is 7.89. The van der Waals surface area contributed by atoms with Crippen molar-refractivity contribution in [2.75, 3.05) is 19.0 Å². The zero-order valence-electron chi connectivity index (χ0n) is 16.2. The summed E-state index contributed by atoms with van der Waals surface area (Å²) in [6.07, 6.45) is 0.724. The van der Waals surface area contributed by atoms with Crippen molar-refractivity contribution >= 4 is 33.2 Å². The fraction of sp³-hybridized carbons (Fsp3) is 0.350. The Morgan fingerprint density at radius 3 is 2.43 bits per heavy atom. The number of methoxy groups -OCH3 is 1. The van der Waals surface area contributed by atoms with Crippen LogP contribution in [-0.2, 0) is 21.2 Å². The molecule has 6 nitrogen and oxygen atoms in total. The van der Waals surface area contributed by atoms with Crippen LogP contribution in [-0.4, -0.2) is 28.0 Å². The van der Waals surface area contributed by atoms with Gasteiger partial charge in [-0.05, 0) is 48.2 Å². The Kier molecular flexibility index (Phi) is 7.86. The highest BCUT2D eigenvalue weighted by Crippen LogP contribution is 2.27. The van der Waals surface area contributed by atoms with Gasteiger partial charge in [0.05, 0.1) is 17.7 Å². The molecule has 0 heterocycles. The van der Waals surface area contributed by atoms with Crippen LogP contribution in [0.3, 0.4) is 0 Å². The van der Waals surface area contributed by atoms with Gasteiger partial charge in [-0.1, -0.05) is 37.6 Å². The van der Waals surface area contributed by atoms with Gasteiger partial charge < -0.3 is 10.1 Å². The molecule has 0 fully saturated rings. The third-order valence-corrected chi connectivity index (χ3v) is 5.67. The maximum atomic E-state index is 12.2. The molecular formula is C20H25ClN2O4S.